The van der Waals surface area contributed by atoms with Gasteiger partial charge in [0.1, 0.15) is 17.5 Å². The van der Waals surface area contributed by atoms with E-state index in [9.17, 15) is 14.4 Å². The Bertz CT molecular complexity index is 885. The predicted octanol–water partition coefficient (Wildman–Crippen LogP) is 1.93. The maximum atomic E-state index is 13.7. The van der Waals surface area contributed by atoms with Crippen LogP contribution in [0.15, 0.2) is 24.3 Å². The van der Waals surface area contributed by atoms with Gasteiger partial charge in [-0.1, -0.05) is 6.42 Å². The molecular formula is C24H31N3O5. The van der Waals surface area contributed by atoms with Crippen LogP contribution in [-0.2, 0) is 14.3 Å². The molecule has 0 aromatic heterocycles. The first kappa shape index (κ1) is 21.2. The third-order valence-corrected chi connectivity index (χ3v) is 7.35. The quantitative estimate of drug-likeness (QED) is 0.755. The van der Waals surface area contributed by atoms with Gasteiger partial charge in [-0.2, -0.15) is 0 Å². The number of likely N-dealkylation sites (tertiary alicyclic amines) is 1. The van der Waals surface area contributed by atoms with E-state index in [1.165, 1.54) is 0 Å². The van der Waals surface area contributed by atoms with E-state index in [1.54, 1.807) is 36.3 Å². The van der Waals surface area contributed by atoms with Gasteiger partial charge in [0.25, 0.3) is 5.91 Å². The molecule has 4 aliphatic rings. The number of carbonyl (C=O) groups excluding carboxylic acids is 3. The molecule has 172 valence electrons. The highest BCUT2D eigenvalue weighted by atomic mass is 16.5. The average Bonchev–Trinajstić information content (AvgIpc) is 3.52. The summed E-state index contributed by atoms with van der Waals surface area (Å²) >= 11 is 0. The number of piperidine rings is 1. The maximum Gasteiger partial charge on any atom is 0.256 e. The van der Waals surface area contributed by atoms with Crippen LogP contribution < -0.4 is 10.1 Å². The fourth-order valence-electron chi connectivity index (χ4n) is 4.95. The summed E-state index contributed by atoms with van der Waals surface area (Å²) in [5.74, 6) is 0.668. The SMILES string of the molecule is COc1ccc(C(=O)N2[C@@H](C(=O)NC3CC3)COC23CCN(C(=O)C2CCC2)CC3)cc1. The van der Waals surface area contributed by atoms with Gasteiger partial charge in [-0.15, -0.1) is 0 Å². The van der Waals surface area contributed by atoms with Gasteiger partial charge in [0, 0.05) is 43.5 Å². The molecule has 3 amide bonds. The van der Waals surface area contributed by atoms with Gasteiger partial charge in [0.05, 0.1) is 13.7 Å². The molecule has 2 heterocycles. The van der Waals surface area contributed by atoms with Crippen LogP contribution in [0.3, 0.4) is 0 Å². The molecule has 8 heteroatoms. The second kappa shape index (κ2) is 8.39. The van der Waals surface area contributed by atoms with Crippen molar-refractivity contribution in [1.82, 2.24) is 15.1 Å². The van der Waals surface area contributed by atoms with Gasteiger partial charge in [-0.05, 0) is 49.9 Å². The molecule has 2 aliphatic heterocycles. The first-order valence-corrected chi connectivity index (χ1v) is 11.7. The van der Waals surface area contributed by atoms with Crippen LogP contribution in [0.25, 0.3) is 0 Å². The molecule has 0 bridgehead atoms. The van der Waals surface area contributed by atoms with Crippen LogP contribution in [-0.4, -0.2) is 72.1 Å². The second-order valence-electron chi connectivity index (χ2n) is 9.41. The number of benzene rings is 1. The minimum Gasteiger partial charge on any atom is -0.497 e. The zero-order chi connectivity index (χ0) is 22.3. The Morgan fingerprint density at radius 3 is 2.31 bits per heavy atom. The highest BCUT2D eigenvalue weighted by Crippen LogP contribution is 2.40. The summed E-state index contributed by atoms with van der Waals surface area (Å²) in [7, 11) is 1.58. The molecule has 2 aliphatic carbocycles. The largest absolute Gasteiger partial charge is 0.497 e. The third-order valence-electron chi connectivity index (χ3n) is 7.35. The third kappa shape index (κ3) is 3.85. The number of methoxy groups -OCH3 is 1. The van der Waals surface area contributed by atoms with Gasteiger partial charge in [0.2, 0.25) is 11.8 Å². The van der Waals surface area contributed by atoms with Crippen LogP contribution in [0.2, 0.25) is 0 Å². The van der Waals surface area contributed by atoms with Crippen LogP contribution in [0, 0.1) is 5.92 Å². The van der Waals surface area contributed by atoms with Crippen LogP contribution >= 0.6 is 0 Å². The van der Waals surface area contributed by atoms with Gasteiger partial charge < -0.3 is 19.7 Å². The normalized spacial score (nSPS) is 24.8. The standard InChI is InChI=1S/C24H31N3O5/c1-31-19-9-5-17(6-10-19)23(30)27-20(21(28)25-18-7-8-18)15-32-24(27)11-13-26(14-12-24)22(29)16-3-2-4-16/h5-6,9-10,16,18,20H,2-4,7-8,11-15H2,1H3,(H,25,28)/t20-/m1/s1. The van der Waals surface area contributed by atoms with Crippen LogP contribution in [0.5, 0.6) is 5.75 Å². The Labute approximate surface area is 188 Å². The molecule has 4 fully saturated rings. The summed E-state index contributed by atoms with van der Waals surface area (Å²) in [4.78, 5) is 42.9. The average molecular weight is 442 g/mol. The predicted molar refractivity (Wildman–Crippen MR) is 116 cm³/mol. The lowest BCUT2D eigenvalue weighted by atomic mass is 9.83. The van der Waals surface area contributed by atoms with Crippen molar-refractivity contribution >= 4 is 17.7 Å². The summed E-state index contributed by atoms with van der Waals surface area (Å²) in [6.45, 7) is 1.26. The summed E-state index contributed by atoms with van der Waals surface area (Å²) in [5.41, 5.74) is -0.369. The molecule has 1 N–H and O–H groups in total. The topological polar surface area (TPSA) is 88.2 Å². The summed E-state index contributed by atoms with van der Waals surface area (Å²) < 4.78 is 11.4. The molecule has 8 nitrogen and oxygen atoms in total. The van der Waals surface area contributed by atoms with E-state index in [-0.39, 0.29) is 36.3 Å². The lowest BCUT2D eigenvalue weighted by Gasteiger charge is -2.45. The number of nitrogens with zero attached hydrogens (tertiary/aromatic N) is 2. The first-order chi connectivity index (χ1) is 15.5. The first-order valence-electron chi connectivity index (χ1n) is 11.7. The molecule has 1 aromatic rings. The summed E-state index contributed by atoms with van der Waals surface area (Å²) in [5, 5.41) is 3.03. The van der Waals surface area contributed by atoms with E-state index in [2.05, 4.69) is 5.32 Å². The molecule has 1 aromatic carbocycles. The Morgan fingerprint density at radius 2 is 1.75 bits per heavy atom. The van der Waals surface area contributed by atoms with E-state index in [0.29, 0.717) is 37.2 Å². The molecule has 0 radical (unpaired) electrons. The van der Waals surface area contributed by atoms with Gasteiger partial charge in [-0.3, -0.25) is 19.3 Å². The molecule has 1 atom stereocenters. The number of carbonyl (C=O) groups is 3. The van der Waals surface area contributed by atoms with Crippen molar-refractivity contribution in [2.75, 3.05) is 26.8 Å². The molecule has 32 heavy (non-hydrogen) atoms. The zero-order valence-electron chi connectivity index (χ0n) is 18.5. The fourth-order valence-corrected chi connectivity index (χ4v) is 4.95. The van der Waals surface area contributed by atoms with Crippen molar-refractivity contribution in [2.45, 2.75) is 62.8 Å². The Balaban J connectivity index is 1.37. The summed E-state index contributed by atoms with van der Waals surface area (Å²) in [6.07, 6.45) is 6.07. The number of nitrogens with one attached hydrogen (secondary N) is 1. The van der Waals surface area contributed by atoms with Gasteiger partial charge in [-0.25, -0.2) is 0 Å². The van der Waals surface area contributed by atoms with Crippen LogP contribution in [0.4, 0.5) is 0 Å². The monoisotopic (exact) mass is 441 g/mol. The minimum absolute atomic E-state index is 0.154. The molecule has 5 rings (SSSR count). The fraction of sp³-hybridized carbons (Fsp3) is 0.625. The number of ether oxygens (including phenoxy) is 2. The molecular weight excluding hydrogens is 410 g/mol. The zero-order valence-corrected chi connectivity index (χ0v) is 18.5. The molecule has 2 saturated heterocycles. The second-order valence-corrected chi connectivity index (χ2v) is 9.41. The number of hydrogen-bond donors (Lipinski definition) is 1. The van der Waals surface area contributed by atoms with E-state index < -0.39 is 11.8 Å². The maximum absolute atomic E-state index is 13.7. The van der Waals surface area contributed by atoms with Gasteiger partial charge >= 0.3 is 0 Å². The number of hydrogen-bond acceptors (Lipinski definition) is 5. The Kier molecular flexibility index (Phi) is 5.57. The Hall–Kier alpha value is -2.61. The lowest BCUT2D eigenvalue weighted by molar-refractivity contribution is -0.149. The van der Waals surface area contributed by atoms with E-state index >= 15 is 0 Å². The molecule has 1 spiro atoms. The lowest BCUT2D eigenvalue weighted by Crippen LogP contribution is -2.60. The van der Waals surface area contributed by atoms with Gasteiger partial charge in [0.15, 0.2) is 0 Å². The van der Waals surface area contributed by atoms with E-state index in [1.807, 2.05) is 4.90 Å². The number of amides is 3. The van der Waals surface area contributed by atoms with Crippen molar-refractivity contribution in [3.8, 4) is 5.75 Å². The smallest absolute Gasteiger partial charge is 0.256 e. The van der Waals surface area contributed by atoms with Crippen molar-refractivity contribution in [3.05, 3.63) is 29.8 Å². The Morgan fingerprint density at radius 1 is 1.06 bits per heavy atom. The highest BCUT2D eigenvalue weighted by Gasteiger charge is 2.54. The van der Waals surface area contributed by atoms with E-state index in [4.69, 9.17) is 9.47 Å². The van der Waals surface area contributed by atoms with Crippen molar-refractivity contribution in [1.29, 1.82) is 0 Å². The molecule has 0 unspecified atom stereocenters. The van der Waals surface area contributed by atoms with Crippen molar-refractivity contribution < 1.29 is 23.9 Å². The van der Waals surface area contributed by atoms with Crippen LogP contribution in [0.1, 0.15) is 55.3 Å². The van der Waals surface area contributed by atoms with Crippen molar-refractivity contribution in [3.63, 3.8) is 0 Å². The number of rotatable bonds is 5. The molecule has 2 saturated carbocycles. The summed E-state index contributed by atoms with van der Waals surface area (Å²) in [6, 6.07) is 6.47. The van der Waals surface area contributed by atoms with Crippen molar-refractivity contribution in [2.24, 2.45) is 5.92 Å². The minimum atomic E-state index is -0.862. The van der Waals surface area contributed by atoms with E-state index in [0.717, 1.165) is 32.1 Å². The highest BCUT2D eigenvalue weighted by molar-refractivity contribution is 5.98.